The number of benzene rings is 3. The van der Waals surface area contributed by atoms with E-state index >= 15 is 0 Å². The van der Waals surface area contributed by atoms with Crippen LogP contribution in [0.3, 0.4) is 0 Å². The number of nitrogens with zero attached hydrogens (tertiary/aromatic N) is 3. The highest BCUT2D eigenvalue weighted by Gasteiger charge is 2.36. The summed E-state index contributed by atoms with van der Waals surface area (Å²) in [6, 6.07) is 15.6. The first-order valence-electron chi connectivity index (χ1n) is 14.7. The number of alkyl halides is 3. The smallest absolute Gasteiger partial charge is 0.419 e. The molecule has 3 aromatic carbocycles. The largest absolute Gasteiger partial charge is 0.488 e. The van der Waals surface area contributed by atoms with Gasteiger partial charge in [-0.1, -0.05) is 24.3 Å². The average Bonchev–Trinajstić information content (AvgIpc) is 3.75. The van der Waals surface area contributed by atoms with Gasteiger partial charge < -0.3 is 19.1 Å². The molecular formula is C33H32F3N3O4. The van der Waals surface area contributed by atoms with Crippen molar-refractivity contribution in [1.82, 2.24) is 14.5 Å². The topological polar surface area (TPSA) is 76.8 Å². The van der Waals surface area contributed by atoms with Crippen LogP contribution in [0, 0.1) is 0 Å². The van der Waals surface area contributed by atoms with Crippen LogP contribution >= 0.6 is 0 Å². The lowest BCUT2D eigenvalue weighted by Gasteiger charge is -2.31. The number of imidazole rings is 1. The van der Waals surface area contributed by atoms with Crippen LogP contribution in [0.4, 0.5) is 13.2 Å². The van der Waals surface area contributed by atoms with Crippen molar-refractivity contribution in [2.45, 2.75) is 70.1 Å². The summed E-state index contributed by atoms with van der Waals surface area (Å²) in [5.74, 6) is 0.223. The number of rotatable bonds is 9. The van der Waals surface area contributed by atoms with E-state index in [1.54, 1.807) is 24.3 Å². The van der Waals surface area contributed by atoms with Crippen molar-refractivity contribution >= 4 is 17.0 Å². The summed E-state index contributed by atoms with van der Waals surface area (Å²) in [5.41, 5.74) is 4.45. The van der Waals surface area contributed by atoms with Crippen LogP contribution in [-0.2, 0) is 43.6 Å². The summed E-state index contributed by atoms with van der Waals surface area (Å²) >= 11 is 0. The molecule has 7 nitrogen and oxygen atoms in total. The Morgan fingerprint density at radius 2 is 1.84 bits per heavy atom. The van der Waals surface area contributed by atoms with Gasteiger partial charge in [-0.3, -0.25) is 4.90 Å². The van der Waals surface area contributed by atoms with Crippen molar-refractivity contribution < 1.29 is 32.5 Å². The molecule has 10 heteroatoms. The van der Waals surface area contributed by atoms with Gasteiger partial charge in [0.2, 0.25) is 0 Å². The zero-order chi connectivity index (χ0) is 29.7. The van der Waals surface area contributed by atoms with Crippen molar-refractivity contribution in [3.8, 4) is 5.75 Å². The number of aromatic carboxylic acids is 1. The van der Waals surface area contributed by atoms with Crippen LogP contribution in [-0.4, -0.2) is 44.8 Å². The minimum absolute atomic E-state index is 0.0390. The lowest BCUT2D eigenvalue weighted by molar-refractivity contribution is -0.139. The molecule has 0 radical (unpaired) electrons. The number of carbonyl (C=O) groups is 1. The zero-order valence-corrected chi connectivity index (χ0v) is 23.6. The van der Waals surface area contributed by atoms with Crippen LogP contribution in [0.2, 0.25) is 0 Å². The first-order valence-corrected chi connectivity index (χ1v) is 14.7. The summed E-state index contributed by atoms with van der Waals surface area (Å²) in [6.07, 6.45) is -0.718. The minimum atomic E-state index is -4.53. The van der Waals surface area contributed by atoms with Gasteiger partial charge in [-0.25, -0.2) is 9.78 Å². The molecule has 0 amide bonds. The summed E-state index contributed by atoms with van der Waals surface area (Å²) < 4.78 is 55.7. The molecule has 1 aliphatic carbocycles. The van der Waals surface area contributed by atoms with Crippen LogP contribution in [0.15, 0.2) is 54.6 Å². The maximum atomic E-state index is 14.1. The SMILES string of the molecule is O=C(O)c1ccc2nc(CN3CCc4cc(C(F)(F)F)c(OCc5ccc(C6CC6)cc5)cc4C3)n(C[C@@H]3CCO3)c2c1. The van der Waals surface area contributed by atoms with Gasteiger partial charge in [0, 0.05) is 19.7 Å². The quantitative estimate of drug-likeness (QED) is 0.238. The molecule has 0 unspecified atom stereocenters. The van der Waals surface area contributed by atoms with E-state index in [4.69, 9.17) is 14.5 Å². The Balaban J connectivity index is 1.13. The summed E-state index contributed by atoms with van der Waals surface area (Å²) in [4.78, 5) is 18.6. The molecule has 3 heterocycles. The minimum Gasteiger partial charge on any atom is -0.488 e. The van der Waals surface area contributed by atoms with Crippen molar-refractivity contribution in [1.29, 1.82) is 0 Å². The fraction of sp³-hybridized carbons (Fsp3) is 0.394. The lowest BCUT2D eigenvalue weighted by atomic mass is 9.96. The summed E-state index contributed by atoms with van der Waals surface area (Å²) in [5, 5.41) is 9.52. The molecular weight excluding hydrogens is 559 g/mol. The Morgan fingerprint density at radius 1 is 1.05 bits per heavy atom. The molecule has 1 saturated heterocycles. The summed E-state index contributed by atoms with van der Waals surface area (Å²) in [6.45, 7) is 2.81. The number of fused-ring (bicyclic) bond motifs is 2. The third kappa shape index (κ3) is 5.86. The molecule has 1 N–H and O–H groups in total. The van der Waals surface area contributed by atoms with Crippen LogP contribution < -0.4 is 4.74 Å². The Labute approximate surface area is 246 Å². The van der Waals surface area contributed by atoms with E-state index in [1.807, 2.05) is 28.8 Å². The molecule has 7 rings (SSSR count). The second kappa shape index (κ2) is 11.0. The Hall–Kier alpha value is -3.89. The number of halogens is 3. The summed E-state index contributed by atoms with van der Waals surface area (Å²) in [7, 11) is 0. The number of aromatic nitrogens is 2. The number of hydrogen-bond donors (Lipinski definition) is 1. The standard InChI is InChI=1S/C33H32F3N3O4/c34-33(35,36)27-13-23-9-11-38(16-25(23)15-30(27)43-19-20-1-3-21(4-2-20)22-5-6-22)18-31-37-28-8-7-24(32(40)41)14-29(28)39(31)17-26-10-12-42-26/h1-4,7-8,13-15,22,26H,5-6,9-12,16-19H2,(H,40,41)/t26-/m0/s1. The van der Waals surface area contributed by atoms with E-state index in [-0.39, 0.29) is 24.0 Å². The van der Waals surface area contributed by atoms with Gasteiger partial charge in [0.1, 0.15) is 18.2 Å². The molecule has 43 heavy (non-hydrogen) atoms. The lowest BCUT2D eigenvalue weighted by Crippen LogP contribution is -2.34. The molecule has 1 aromatic heterocycles. The average molecular weight is 592 g/mol. The van der Waals surface area contributed by atoms with Gasteiger partial charge in [-0.15, -0.1) is 0 Å². The second-order valence-corrected chi connectivity index (χ2v) is 11.8. The van der Waals surface area contributed by atoms with Gasteiger partial charge in [-0.05, 0) is 84.2 Å². The molecule has 3 aliphatic rings. The third-order valence-electron chi connectivity index (χ3n) is 8.74. The van der Waals surface area contributed by atoms with Crippen molar-refractivity contribution in [2.75, 3.05) is 13.2 Å². The fourth-order valence-electron chi connectivity index (χ4n) is 6.05. The molecule has 1 saturated carbocycles. The second-order valence-electron chi connectivity index (χ2n) is 11.8. The van der Waals surface area contributed by atoms with E-state index in [0.717, 1.165) is 28.9 Å². The van der Waals surface area contributed by atoms with E-state index in [2.05, 4.69) is 4.90 Å². The van der Waals surface area contributed by atoms with Gasteiger partial charge in [-0.2, -0.15) is 13.2 Å². The molecule has 0 bridgehead atoms. The highest BCUT2D eigenvalue weighted by Crippen LogP contribution is 2.41. The van der Waals surface area contributed by atoms with E-state index in [0.29, 0.717) is 56.2 Å². The van der Waals surface area contributed by atoms with Gasteiger partial charge in [0.05, 0.1) is 41.4 Å². The Bertz CT molecular complexity index is 1670. The van der Waals surface area contributed by atoms with Crippen molar-refractivity contribution in [3.63, 3.8) is 0 Å². The number of ether oxygens (including phenoxy) is 2. The first kappa shape index (κ1) is 27.9. The number of carboxylic acid groups (broad SMARTS) is 1. The Morgan fingerprint density at radius 3 is 2.51 bits per heavy atom. The van der Waals surface area contributed by atoms with E-state index in [1.165, 1.54) is 24.5 Å². The van der Waals surface area contributed by atoms with Crippen LogP contribution in [0.5, 0.6) is 5.75 Å². The normalized spacial score (nSPS) is 18.8. The predicted molar refractivity (Wildman–Crippen MR) is 153 cm³/mol. The third-order valence-corrected chi connectivity index (χ3v) is 8.74. The van der Waals surface area contributed by atoms with Crippen LogP contribution in [0.1, 0.15) is 69.2 Å². The molecule has 0 spiro atoms. The number of carboxylic acids is 1. The monoisotopic (exact) mass is 591 g/mol. The van der Waals surface area contributed by atoms with E-state index in [9.17, 15) is 23.1 Å². The molecule has 4 aromatic rings. The van der Waals surface area contributed by atoms with E-state index < -0.39 is 17.7 Å². The first-order chi connectivity index (χ1) is 20.7. The maximum absolute atomic E-state index is 14.1. The highest BCUT2D eigenvalue weighted by atomic mass is 19.4. The van der Waals surface area contributed by atoms with Gasteiger partial charge >= 0.3 is 12.1 Å². The van der Waals surface area contributed by atoms with Crippen LogP contribution in [0.25, 0.3) is 11.0 Å². The van der Waals surface area contributed by atoms with Crippen molar-refractivity contribution in [2.24, 2.45) is 0 Å². The zero-order valence-electron chi connectivity index (χ0n) is 23.6. The maximum Gasteiger partial charge on any atom is 0.419 e. The molecule has 2 aliphatic heterocycles. The number of hydrogen-bond acceptors (Lipinski definition) is 5. The fourth-order valence-corrected chi connectivity index (χ4v) is 6.05. The molecule has 2 fully saturated rings. The van der Waals surface area contributed by atoms with Crippen molar-refractivity contribution in [3.05, 3.63) is 93.8 Å². The van der Waals surface area contributed by atoms with Gasteiger partial charge in [0.15, 0.2) is 0 Å². The molecule has 1 atom stereocenters. The predicted octanol–water partition coefficient (Wildman–Crippen LogP) is 6.56. The highest BCUT2D eigenvalue weighted by molar-refractivity contribution is 5.92. The Kier molecular flexibility index (Phi) is 7.13. The van der Waals surface area contributed by atoms with Gasteiger partial charge in [0.25, 0.3) is 0 Å². The molecule has 224 valence electrons.